The van der Waals surface area contributed by atoms with Gasteiger partial charge >= 0.3 is 11.7 Å². The Morgan fingerprint density at radius 2 is 2.33 bits per heavy atom. The van der Waals surface area contributed by atoms with Crippen molar-refractivity contribution in [3.8, 4) is 0 Å². The molecule has 0 radical (unpaired) electrons. The molecule has 0 bridgehead atoms. The molecule has 2 fully saturated rings. The topological polar surface area (TPSA) is 87.3 Å². The van der Waals surface area contributed by atoms with Gasteiger partial charge in [-0.25, -0.2) is 9.48 Å². The minimum absolute atomic E-state index is 0.0124. The van der Waals surface area contributed by atoms with Gasteiger partial charge in [0.15, 0.2) is 5.54 Å². The first-order valence-electron chi connectivity index (χ1n) is 5.94. The summed E-state index contributed by atoms with van der Waals surface area (Å²) in [5.74, 6) is -0.199. The first kappa shape index (κ1) is 11.2. The monoisotopic (exact) mass is 251 g/mol. The Balaban J connectivity index is 2.05. The second-order valence-corrected chi connectivity index (χ2v) is 5.04. The molecule has 1 saturated carbocycles. The molecule has 0 amide bonds. The Morgan fingerprint density at radius 1 is 1.61 bits per heavy atom. The lowest BCUT2D eigenvalue weighted by molar-refractivity contribution is -0.385. The smallest absolute Gasteiger partial charge is 0.333 e. The molecule has 1 saturated heterocycles. The number of ether oxygens (including phenoxy) is 1. The lowest BCUT2D eigenvalue weighted by Gasteiger charge is -2.18. The second kappa shape index (κ2) is 3.54. The molecule has 1 aromatic heterocycles. The highest BCUT2D eigenvalue weighted by molar-refractivity contribution is 5.80. The first-order valence-corrected chi connectivity index (χ1v) is 5.94. The van der Waals surface area contributed by atoms with E-state index < -0.39 is 10.5 Å². The zero-order valence-corrected chi connectivity index (χ0v) is 9.96. The number of carbonyl (C=O) groups excluding carboxylic acids is 1. The Morgan fingerprint density at radius 3 is 2.83 bits per heavy atom. The summed E-state index contributed by atoms with van der Waals surface area (Å²) in [4.78, 5) is 22.3. The van der Waals surface area contributed by atoms with E-state index in [4.69, 9.17) is 4.74 Å². The van der Waals surface area contributed by atoms with Gasteiger partial charge in [0, 0.05) is 12.3 Å². The molecule has 18 heavy (non-hydrogen) atoms. The number of rotatable bonds is 3. The maximum Gasteiger partial charge on any atom is 0.333 e. The molecule has 2 aliphatic rings. The number of cyclic esters (lactones) is 1. The van der Waals surface area contributed by atoms with Crippen LogP contribution in [0, 0.1) is 10.1 Å². The quantitative estimate of drug-likeness (QED) is 0.459. The maximum atomic E-state index is 11.7. The van der Waals surface area contributed by atoms with Crippen LogP contribution in [-0.2, 0) is 15.1 Å². The summed E-state index contributed by atoms with van der Waals surface area (Å²) in [7, 11) is 0. The third-order valence-electron chi connectivity index (χ3n) is 3.65. The van der Waals surface area contributed by atoms with E-state index in [9.17, 15) is 14.9 Å². The van der Waals surface area contributed by atoms with Crippen LogP contribution in [0.25, 0.3) is 0 Å². The molecule has 1 unspecified atom stereocenters. The van der Waals surface area contributed by atoms with Crippen LogP contribution >= 0.6 is 0 Å². The van der Waals surface area contributed by atoms with Crippen LogP contribution in [0.15, 0.2) is 6.20 Å². The van der Waals surface area contributed by atoms with Gasteiger partial charge in [-0.05, 0) is 19.8 Å². The molecule has 1 aliphatic heterocycles. The summed E-state index contributed by atoms with van der Waals surface area (Å²) in [6.45, 7) is 2.04. The number of carbonyl (C=O) groups is 1. The summed E-state index contributed by atoms with van der Waals surface area (Å²) >= 11 is 0. The Bertz CT molecular complexity index is 534. The van der Waals surface area contributed by atoms with Gasteiger partial charge in [-0.3, -0.25) is 10.1 Å². The normalized spacial score (nSPS) is 27.3. The molecule has 0 spiro atoms. The van der Waals surface area contributed by atoms with Gasteiger partial charge in [0.05, 0.1) is 11.5 Å². The standard InChI is InChI=1S/C11H13N3O4/c1-11(4-5-18-10(11)15)13-6-8(14(16)17)9(12-13)7-2-3-7/h6-7H,2-5H2,1H3. The third-order valence-corrected chi connectivity index (χ3v) is 3.65. The van der Waals surface area contributed by atoms with Gasteiger partial charge < -0.3 is 4.74 Å². The summed E-state index contributed by atoms with van der Waals surface area (Å²) in [5, 5.41) is 15.3. The molecule has 1 atom stereocenters. The molecule has 2 heterocycles. The molecule has 3 rings (SSSR count). The highest BCUT2D eigenvalue weighted by Crippen LogP contribution is 2.44. The fourth-order valence-corrected chi connectivity index (χ4v) is 2.23. The average molecular weight is 251 g/mol. The van der Waals surface area contributed by atoms with E-state index in [0.29, 0.717) is 18.7 Å². The first-order chi connectivity index (χ1) is 8.52. The Labute approximate surface area is 103 Å². The summed E-state index contributed by atoms with van der Waals surface area (Å²) in [6, 6.07) is 0. The van der Waals surface area contributed by atoms with Crippen molar-refractivity contribution in [2.75, 3.05) is 6.61 Å². The van der Waals surface area contributed by atoms with Gasteiger partial charge in [0.2, 0.25) is 0 Å². The Kier molecular flexibility index (Phi) is 2.20. The van der Waals surface area contributed by atoms with Gasteiger partial charge in [0.1, 0.15) is 11.9 Å². The van der Waals surface area contributed by atoms with E-state index in [1.807, 2.05) is 0 Å². The number of hydrogen-bond donors (Lipinski definition) is 0. The van der Waals surface area contributed by atoms with Crippen molar-refractivity contribution in [2.45, 2.75) is 37.6 Å². The summed E-state index contributed by atoms with van der Waals surface area (Å²) in [5.41, 5.74) is -0.392. The van der Waals surface area contributed by atoms with Crippen molar-refractivity contribution in [3.05, 3.63) is 22.0 Å². The van der Waals surface area contributed by atoms with Gasteiger partial charge in [-0.15, -0.1) is 0 Å². The van der Waals surface area contributed by atoms with Crippen molar-refractivity contribution >= 4 is 11.7 Å². The van der Waals surface area contributed by atoms with E-state index in [0.717, 1.165) is 12.8 Å². The fraction of sp³-hybridized carbons (Fsp3) is 0.636. The molecule has 1 aromatic rings. The number of nitrogens with zero attached hydrogens (tertiary/aromatic N) is 3. The minimum Gasteiger partial charge on any atom is -0.464 e. The molecular formula is C11H13N3O4. The van der Waals surface area contributed by atoms with Gasteiger partial charge in [-0.2, -0.15) is 5.10 Å². The lowest BCUT2D eigenvalue weighted by Crippen LogP contribution is -2.35. The van der Waals surface area contributed by atoms with Crippen molar-refractivity contribution in [2.24, 2.45) is 0 Å². The van der Waals surface area contributed by atoms with Crippen LogP contribution in [0.2, 0.25) is 0 Å². The van der Waals surface area contributed by atoms with E-state index >= 15 is 0 Å². The van der Waals surface area contributed by atoms with Crippen molar-refractivity contribution in [1.82, 2.24) is 9.78 Å². The van der Waals surface area contributed by atoms with Crippen LogP contribution in [0.3, 0.4) is 0 Å². The third kappa shape index (κ3) is 1.50. The number of aromatic nitrogens is 2. The van der Waals surface area contributed by atoms with E-state index in [1.54, 1.807) is 6.92 Å². The van der Waals surface area contributed by atoms with Crippen LogP contribution in [-0.4, -0.2) is 27.3 Å². The minimum atomic E-state index is -0.905. The van der Waals surface area contributed by atoms with Crippen LogP contribution in [0.1, 0.15) is 37.8 Å². The summed E-state index contributed by atoms with van der Waals surface area (Å²) in [6.07, 6.45) is 3.72. The van der Waals surface area contributed by atoms with Crippen LogP contribution in [0.4, 0.5) is 5.69 Å². The molecular weight excluding hydrogens is 238 g/mol. The fourth-order valence-electron chi connectivity index (χ4n) is 2.23. The SMILES string of the molecule is CC1(n2cc([N+](=O)[O-])c(C3CC3)n2)CCOC1=O. The van der Waals surface area contributed by atoms with Crippen LogP contribution in [0.5, 0.6) is 0 Å². The second-order valence-electron chi connectivity index (χ2n) is 5.04. The zero-order valence-electron chi connectivity index (χ0n) is 9.96. The van der Waals surface area contributed by atoms with Crippen molar-refractivity contribution in [3.63, 3.8) is 0 Å². The molecule has 1 aliphatic carbocycles. The molecule has 7 heteroatoms. The average Bonchev–Trinajstić information content (AvgIpc) is 2.97. The largest absolute Gasteiger partial charge is 0.464 e. The van der Waals surface area contributed by atoms with Gasteiger partial charge in [-0.1, -0.05) is 0 Å². The van der Waals surface area contributed by atoms with E-state index in [2.05, 4.69) is 5.10 Å². The van der Waals surface area contributed by atoms with Crippen molar-refractivity contribution in [1.29, 1.82) is 0 Å². The highest BCUT2D eigenvalue weighted by atomic mass is 16.6. The lowest BCUT2D eigenvalue weighted by atomic mass is 10.0. The highest BCUT2D eigenvalue weighted by Gasteiger charge is 2.45. The van der Waals surface area contributed by atoms with Crippen LogP contribution < -0.4 is 0 Å². The maximum absolute atomic E-state index is 11.7. The summed E-state index contributed by atoms with van der Waals surface area (Å²) < 4.78 is 6.35. The molecule has 96 valence electrons. The molecule has 0 aromatic carbocycles. The zero-order chi connectivity index (χ0) is 12.9. The van der Waals surface area contributed by atoms with Crippen molar-refractivity contribution < 1.29 is 14.5 Å². The van der Waals surface area contributed by atoms with Gasteiger partial charge in [0.25, 0.3) is 0 Å². The molecule has 0 N–H and O–H groups in total. The van der Waals surface area contributed by atoms with E-state index in [-0.39, 0.29) is 17.6 Å². The predicted octanol–water partition coefficient (Wildman–Crippen LogP) is 1.33. The molecule has 7 nitrogen and oxygen atoms in total. The predicted molar refractivity (Wildman–Crippen MR) is 60.1 cm³/mol. The Hall–Kier alpha value is -1.92. The number of hydrogen-bond acceptors (Lipinski definition) is 5. The number of nitro groups is 1. The van der Waals surface area contributed by atoms with E-state index in [1.165, 1.54) is 10.9 Å². The number of esters is 1.